The molecule has 0 spiro atoms. The lowest BCUT2D eigenvalue weighted by Gasteiger charge is -2.46. The quantitative estimate of drug-likeness (QED) is 0.101. The van der Waals surface area contributed by atoms with Crippen molar-refractivity contribution in [1.29, 1.82) is 0 Å². The Bertz CT molecular complexity index is 2480. The fourth-order valence-corrected chi connectivity index (χ4v) is 10.4. The minimum absolute atomic E-state index is 0.0151. The monoisotopic (exact) mass is 822 g/mol. The van der Waals surface area contributed by atoms with E-state index in [1.54, 1.807) is 24.3 Å². The van der Waals surface area contributed by atoms with E-state index in [0.29, 0.717) is 23.0 Å². The van der Waals surface area contributed by atoms with Crippen LogP contribution in [0.15, 0.2) is 141 Å². The van der Waals surface area contributed by atoms with Crippen molar-refractivity contribution in [1.82, 2.24) is 0 Å². The summed E-state index contributed by atoms with van der Waals surface area (Å²) in [5, 5.41) is 0. The van der Waals surface area contributed by atoms with Crippen LogP contribution >= 0.6 is 0 Å². The number of sulfone groups is 2. The summed E-state index contributed by atoms with van der Waals surface area (Å²) in [5.41, 5.74) is 5.92. The molecule has 1 heterocycles. The molecule has 0 radical (unpaired) electrons. The largest absolute Gasteiger partial charge is 0.457 e. The Morgan fingerprint density at radius 3 is 1.05 bits per heavy atom. The van der Waals surface area contributed by atoms with Crippen LogP contribution in [-0.2, 0) is 25.1 Å². The van der Waals surface area contributed by atoms with E-state index < -0.39 is 31.3 Å². The van der Waals surface area contributed by atoms with E-state index in [1.165, 1.54) is 59.7 Å². The van der Waals surface area contributed by atoms with E-state index in [-0.39, 0.29) is 25.0 Å². The van der Waals surface area contributed by atoms with E-state index in [4.69, 9.17) is 9.47 Å². The lowest BCUT2D eigenvalue weighted by atomic mass is 9.66. The first-order valence-electron chi connectivity index (χ1n) is 19.0. The molecule has 6 aromatic carbocycles. The van der Waals surface area contributed by atoms with Gasteiger partial charge in [0.15, 0.2) is 0 Å². The second kappa shape index (κ2) is 15.4. The molecule has 7 rings (SSSR count). The van der Waals surface area contributed by atoms with Crippen molar-refractivity contribution in [2.24, 2.45) is 0 Å². The molecule has 7 nitrogen and oxygen atoms in total. The van der Waals surface area contributed by atoms with Gasteiger partial charge in [-0.2, -0.15) is 0 Å². The van der Waals surface area contributed by atoms with Crippen molar-refractivity contribution in [3.8, 4) is 23.0 Å². The van der Waals surface area contributed by atoms with Gasteiger partial charge in [-0.05, 0) is 158 Å². The summed E-state index contributed by atoms with van der Waals surface area (Å²) < 4.78 is 93.1. The first-order chi connectivity index (χ1) is 27.4. The summed E-state index contributed by atoms with van der Waals surface area (Å²) in [7, 11) is -3.12. The maximum absolute atomic E-state index is 13.4. The number of nitrogens with zero attached hydrogens (tertiary/aromatic N) is 1. The number of ether oxygens (including phenoxy) is 2. The highest BCUT2D eigenvalue weighted by Gasteiger charge is 2.42. The predicted octanol–water partition coefficient (Wildman–Crippen LogP) is 10.6. The smallest absolute Gasteiger partial charge is 0.206 e. The topological polar surface area (TPSA) is 86.7 Å². The normalized spacial score (nSPS) is 15.2. The summed E-state index contributed by atoms with van der Waals surface area (Å²) in [5.74, 6) is 1.38. The second-order valence-corrected chi connectivity index (χ2v) is 19.8. The molecule has 0 amide bonds. The molecule has 1 aliphatic rings. The molecule has 300 valence electrons. The highest BCUT2D eigenvalue weighted by Crippen LogP contribution is 2.47. The number of rotatable bonds is 10. The molecule has 11 heteroatoms. The molecular weight excluding hydrogens is 777 g/mol. The molecule has 0 aromatic heterocycles. The molecule has 1 saturated heterocycles. The Morgan fingerprint density at radius 2 is 0.759 bits per heavy atom. The molecule has 0 saturated carbocycles. The zero-order valence-electron chi connectivity index (χ0n) is 33.3. The fraction of sp³-hybridized carbons (Fsp3) is 0.234. The number of hydrogen-bond acceptors (Lipinski definition) is 6. The highest BCUT2D eigenvalue weighted by molar-refractivity contribution is 7.91. The number of quaternary nitrogens is 1. The highest BCUT2D eigenvalue weighted by atomic mass is 32.2. The molecule has 1 aliphatic heterocycles. The molecule has 0 aliphatic carbocycles. The molecule has 1 fully saturated rings. The van der Waals surface area contributed by atoms with Crippen LogP contribution in [-0.4, -0.2) is 48.5 Å². The Kier molecular flexibility index (Phi) is 10.9. The van der Waals surface area contributed by atoms with E-state index in [0.717, 1.165) is 76.9 Å². The van der Waals surface area contributed by atoms with Crippen molar-refractivity contribution in [3.63, 3.8) is 0 Å². The lowest BCUT2D eigenvalue weighted by Crippen LogP contribution is -2.51. The minimum atomic E-state index is -3.82. The number of hydrogen-bond donors (Lipinski definition) is 0. The van der Waals surface area contributed by atoms with Gasteiger partial charge in [0.25, 0.3) is 0 Å². The van der Waals surface area contributed by atoms with Crippen LogP contribution in [0.5, 0.6) is 23.0 Å². The molecular formula is C47H46F2NO6S2+. The summed E-state index contributed by atoms with van der Waals surface area (Å²) in [6, 6.07) is 30.9. The van der Waals surface area contributed by atoms with Crippen LogP contribution in [0.2, 0.25) is 0 Å². The van der Waals surface area contributed by atoms with Crippen molar-refractivity contribution in [2.75, 3.05) is 27.2 Å². The Labute approximate surface area is 340 Å². The number of benzene rings is 6. The maximum Gasteiger partial charge on any atom is 0.206 e. The zero-order chi connectivity index (χ0) is 41.6. The predicted molar refractivity (Wildman–Crippen MR) is 220 cm³/mol. The van der Waals surface area contributed by atoms with E-state index in [1.807, 2.05) is 27.7 Å². The molecule has 6 aromatic rings. The molecule has 58 heavy (non-hydrogen) atoms. The SMILES string of the molecule is Cc1cc(C2(c3cc(C)c(Oc4ccc(S(=O)(=O)c5ccc(F)cc5)cc4)c(C)c3)CC[N+](C)(C)CC2)cc(C)c1Oc1ccc(S(=O)(=O)c2ccc(F)cc2)cc1. The number of likely N-dealkylation sites (tertiary alicyclic amines) is 1. The standard InChI is InChI=1S/C47H46F2NO6S2/c1-31-27-35(28-32(2)45(31)55-39-11-19-43(20-12-39)57(51,52)41-15-7-37(48)8-16-41)47(23-25-50(5,6)26-24-47)36-29-33(3)46(34(4)30-36)56-40-13-21-44(22-14-40)58(53,54)42-17-9-38(49)10-18-42/h7-22,27-30H,23-26H2,1-6H3/q+1. The summed E-state index contributed by atoms with van der Waals surface area (Å²) in [4.78, 5) is 0.206. The van der Waals surface area contributed by atoms with Gasteiger partial charge in [0, 0.05) is 18.3 Å². The van der Waals surface area contributed by atoms with E-state index in [2.05, 4.69) is 38.4 Å². The van der Waals surface area contributed by atoms with Gasteiger partial charge in [-0.25, -0.2) is 25.6 Å². The average Bonchev–Trinajstić information content (AvgIpc) is 3.18. The lowest BCUT2D eigenvalue weighted by molar-refractivity contribution is -0.896. The molecule has 0 unspecified atom stereocenters. The van der Waals surface area contributed by atoms with Gasteiger partial charge in [0.05, 0.1) is 46.8 Å². The number of halogens is 2. The van der Waals surface area contributed by atoms with E-state index >= 15 is 0 Å². The van der Waals surface area contributed by atoms with Crippen LogP contribution < -0.4 is 9.47 Å². The van der Waals surface area contributed by atoms with Crippen molar-refractivity contribution >= 4 is 19.7 Å². The summed E-state index contributed by atoms with van der Waals surface area (Å²) in [6.45, 7) is 10.1. The Morgan fingerprint density at radius 1 is 0.483 bits per heavy atom. The summed E-state index contributed by atoms with van der Waals surface area (Å²) in [6.07, 6.45) is 1.85. The van der Waals surface area contributed by atoms with Crippen molar-refractivity contribution in [2.45, 2.75) is 65.5 Å². The van der Waals surface area contributed by atoms with Gasteiger partial charge < -0.3 is 14.0 Å². The number of aryl methyl sites for hydroxylation is 4. The Hall–Kier alpha value is -5.36. The van der Waals surface area contributed by atoms with Crippen LogP contribution in [0.1, 0.15) is 46.2 Å². The van der Waals surface area contributed by atoms with Crippen molar-refractivity contribution < 1.29 is 39.6 Å². The third-order valence-corrected chi connectivity index (χ3v) is 14.8. The van der Waals surface area contributed by atoms with Crippen molar-refractivity contribution in [3.05, 3.63) is 166 Å². The van der Waals surface area contributed by atoms with Crippen LogP contribution in [0.3, 0.4) is 0 Å². The second-order valence-electron chi connectivity index (χ2n) is 15.9. The maximum atomic E-state index is 13.4. The third kappa shape index (κ3) is 8.03. The van der Waals surface area contributed by atoms with E-state index in [9.17, 15) is 25.6 Å². The van der Waals surface area contributed by atoms with Crippen LogP contribution in [0.25, 0.3) is 0 Å². The minimum Gasteiger partial charge on any atom is -0.457 e. The first-order valence-corrected chi connectivity index (χ1v) is 22.0. The van der Waals surface area contributed by atoms with Gasteiger partial charge >= 0.3 is 0 Å². The molecule has 0 N–H and O–H groups in total. The van der Waals surface area contributed by atoms with Gasteiger partial charge in [-0.15, -0.1) is 0 Å². The van der Waals surface area contributed by atoms with Gasteiger partial charge in [0.1, 0.15) is 34.6 Å². The third-order valence-electron chi connectivity index (χ3n) is 11.3. The Balaban J connectivity index is 1.16. The molecule has 0 bridgehead atoms. The van der Waals surface area contributed by atoms with Crippen LogP contribution in [0.4, 0.5) is 8.78 Å². The summed E-state index contributed by atoms with van der Waals surface area (Å²) >= 11 is 0. The zero-order valence-corrected chi connectivity index (χ0v) is 35.0. The van der Waals surface area contributed by atoms with Gasteiger partial charge in [-0.3, -0.25) is 0 Å². The van der Waals surface area contributed by atoms with Crippen LogP contribution in [0, 0.1) is 39.3 Å². The number of piperidine rings is 1. The van der Waals surface area contributed by atoms with Gasteiger partial charge in [-0.1, -0.05) is 24.3 Å². The first kappa shape index (κ1) is 40.8. The fourth-order valence-electron chi connectivity index (χ4n) is 7.85. The molecule has 0 atom stereocenters. The average molecular weight is 823 g/mol. The van der Waals surface area contributed by atoms with Gasteiger partial charge in [0.2, 0.25) is 19.7 Å².